The summed E-state index contributed by atoms with van der Waals surface area (Å²) in [5, 5.41) is 7.51. The van der Waals surface area contributed by atoms with Crippen LogP contribution in [0.2, 0.25) is 0 Å². The van der Waals surface area contributed by atoms with Gasteiger partial charge in [0.15, 0.2) is 0 Å². The lowest BCUT2D eigenvalue weighted by Gasteiger charge is -2.34. The molecule has 1 saturated heterocycles. The zero-order chi connectivity index (χ0) is 19.9. The van der Waals surface area contributed by atoms with E-state index in [9.17, 15) is 9.59 Å². The van der Waals surface area contributed by atoms with Crippen molar-refractivity contribution < 1.29 is 4.79 Å². The van der Waals surface area contributed by atoms with E-state index in [1.165, 1.54) is 4.68 Å². The van der Waals surface area contributed by atoms with Crippen LogP contribution in [-0.4, -0.2) is 34.8 Å². The van der Waals surface area contributed by atoms with Gasteiger partial charge in [0.2, 0.25) is 5.91 Å². The summed E-state index contributed by atoms with van der Waals surface area (Å²) in [6.45, 7) is 6.13. The summed E-state index contributed by atoms with van der Waals surface area (Å²) in [6, 6.07) is 11.7. The number of carbonyl (C=O) groups excluding carboxylic acids is 1. The number of carbonyl (C=O) groups is 1. The van der Waals surface area contributed by atoms with Gasteiger partial charge in [0.1, 0.15) is 0 Å². The first-order valence-electron chi connectivity index (χ1n) is 10.3. The van der Waals surface area contributed by atoms with E-state index in [0.29, 0.717) is 13.1 Å². The number of amides is 1. The Morgan fingerprint density at radius 2 is 2.00 bits per heavy atom. The first kappa shape index (κ1) is 20.1. The van der Waals surface area contributed by atoms with Gasteiger partial charge in [-0.1, -0.05) is 44.2 Å². The molecular formula is C22H30N4O2. The number of piperidine rings is 1. The fraction of sp³-hybridized carbons (Fsp3) is 0.500. The monoisotopic (exact) mass is 382 g/mol. The number of hydrogen-bond acceptors (Lipinski definition) is 4. The van der Waals surface area contributed by atoms with Gasteiger partial charge >= 0.3 is 0 Å². The highest BCUT2D eigenvalue weighted by Gasteiger charge is 2.27. The number of nitrogens with zero attached hydrogens (tertiary/aromatic N) is 3. The van der Waals surface area contributed by atoms with Crippen molar-refractivity contribution >= 4 is 11.6 Å². The molecule has 0 radical (unpaired) electrons. The van der Waals surface area contributed by atoms with Crippen molar-refractivity contribution in [1.29, 1.82) is 0 Å². The number of aromatic nitrogens is 2. The van der Waals surface area contributed by atoms with Gasteiger partial charge in [0, 0.05) is 25.2 Å². The molecular weight excluding hydrogens is 352 g/mol. The van der Waals surface area contributed by atoms with E-state index in [4.69, 9.17) is 0 Å². The van der Waals surface area contributed by atoms with Crippen molar-refractivity contribution in [1.82, 2.24) is 15.1 Å². The molecule has 1 aromatic heterocycles. The summed E-state index contributed by atoms with van der Waals surface area (Å²) < 4.78 is 1.47. The number of hydrogen-bond donors (Lipinski definition) is 1. The second-order valence-electron chi connectivity index (χ2n) is 7.50. The molecule has 0 spiro atoms. The van der Waals surface area contributed by atoms with Gasteiger partial charge in [-0.15, -0.1) is 0 Å². The predicted octanol–water partition coefficient (Wildman–Crippen LogP) is 2.81. The molecule has 6 nitrogen and oxygen atoms in total. The lowest BCUT2D eigenvalue weighted by molar-refractivity contribution is -0.126. The number of nitrogens with one attached hydrogen (secondary N) is 1. The van der Waals surface area contributed by atoms with Crippen LogP contribution in [0.4, 0.5) is 5.69 Å². The maximum Gasteiger partial charge on any atom is 0.269 e. The maximum absolute atomic E-state index is 12.6. The molecule has 1 aromatic carbocycles. The van der Waals surface area contributed by atoms with E-state index in [2.05, 4.69) is 29.2 Å². The second kappa shape index (κ2) is 9.53. The summed E-state index contributed by atoms with van der Waals surface area (Å²) in [6.07, 6.45) is 5.46. The van der Waals surface area contributed by atoms with Crippen molar-refractivity contribution in [2.24, 2.45) is 5.92 Å². The Balaban J connectivity index is 1.67. The standard InChI is InChI=1S/C22H30N4O2/c1-3-19(4-2)24-22(28)18-11-8-12-25(16-18)20-13-21(27)26(23-14-20)15-17-9-6-5-7-10-17/h5-7,9-10,13-14,18-19H,3-4,8,11-12,15-16H2,1-2H3,(H,24,28). The van der Waals surface area contributed by atoms with E-state index in [1.807, 2.05) is 30.3 Å². The van der Waals surface area contributed by atoms with Gasteiger partial charge in [0.25, 0.3) is 5.56 Å². The molecule has 3 rings (SSSR count). The molecule has 1 amide bonds. The summed E-state index contributed by atoms with van der Waals surface area (Å²) in [4.78, 5) is 27.2. The van der Waals surface area contributed by atoms with Gasteiger partial charge in [0.05, 0.1) is 24.3 Å². The van der Waals surface area contributed by atoms with Crippen LogP contribution in [-0.2, 0) is 11.3 Å². The molecule has 28 heavy (non-hydrogen) atoms. The van der Waals surface area contributed by atoms with Crippen LogP contribution in [0.25, 0.3) is 0 Å². The van der Waals surface area contributed by atoms with Gasteiger partial charge in [-0.25, -0.2) is 4.68 Å². The Hall–Kier alpha value is -2.63. The Bertz CT molecular complexity index is 830. The molecule has 0 aliphatic carbocycles. The zero-order valence-corrected chi connectivity index (χ0v) is 16.8. The third-order valence-corrected chi connectivity index (χ3v) is 5.52. The molecule has 1 unspecified atom stereocenters. The Morgan fingerprint density at radius 1 is 1.25 bits per heavy atom. The summed E-state index contributed by atoms with van der Waals surface area (Å²) in [5.41, 5.74) is 1.72. The molecule has 1 fully saturated rings. The Labute approximate surface area is 166 Å². The van der Waals surface area contributed by atoms with E-state index in [-0.39, 0.29) is 23.4 Å². The van der Waals surface area contributed by atoms with Crippen LogP contribution in [0.3, 0.4) is 0 Å². The van der Waals surface area contributed by atoms with Crippen LogP contribution in [0.5, 0.6) is 0 Å². The molecule has 1 aliphatic rings. The fourth-order valence-electron chi connectivity index (χ4n) is 3.71. The van der Waals surface area contributed by atoms with Crippen LogP contribution in [0.15, 0.2) is 47.4 Å². The minimum atomic E-state index is -0.120. The number of benzene rings is 1. The van der Waals surface area contributed by atoms with Crippen molar-refractivity contribution in [3.8, 4) is 0 Å². The highest BCUT2D eigenvalue weighted by molar-refractivity contribution is 5.79. The average Bonchev–Trinajstić information content (AvgIpc) is 2.74. The molecule has 1 N–H and O–H groups in total. The predicted molar refractivity (Wildman–Crippen MR) is 111 cm³/mol. The van der Waals surface area contributed by atoms with Gasteiger partial charge in [-0.2, -0.15) is 5.10 Å². The number of anilines is 1. The van der Waals surface area contributed by atoms with E-state index < -0.39 is 0 Å². The maximum atomic E-state index is 12.6. The highest BCUT2D eigenvalue weighted by atomic mass is 16.2. The number of rotatable bonds is 7. The summed E-state index contributed by atoms with van der Waals surface area (Å²) >= 11 is 0. The average molecular weight is 383 g/mol. The van der Waals surface area contributed by atoms with Gasteiger partial charge in [-0.3, -0.25) is 9.59 Å². The summed E-state index contributed by atoms with van der Waals surface area (Å²) in [5.74, 6) is 0.0879. The molecule has 0 bridgehead atoms. The third-order valence-electron chi connectivity index (χ3n) is 5.52. The van der Waals surface area contributed by atoms with Crippen molar-refractivity contribution in [2.75, 3.05) is 18.0 Å². The van der Waals surface area contributed by atoms with E-state index >= 15 is 0 Å². The van der Waals surface area contributed by atoms with Gasteiger partial charge in [-0.05, 0) is 31.2 Å². The van der Waals surface area contributed by atoms with Crippen molar-refractivity contribution in [2.45, 2.75) is 52.1 Å². The van der Waals surface area contributed by atoms with E-state index in [0.717, 1.165) is 43.5 Å². The van der Waals surface area contributed by atoms with Crippen LogP contribution in [0, 0.1) is 5.92 Å². The van der Waals surface area contributed by atoms with Crippen LogP contribution in [0.1, 0.15) is 45.1 Å². The Morgan fingerprint density at radius 3 is 2.68 bits per heavy atom. The molecule has 2 aromatic rings. The molecule has 6 heteroatoms. The van der Waals surface area contributed by atoms with Crippen LogP contribution >= 0.6 is 0 Å². The van der Waals surface area contributed by atoms with Crippen molar-refractivity contribution in [3.05, 3.63) is 58.5 Å². The third kappa shape index (κ3) is 5.00. The van der Waals surface area contributed by atoms with Gasteiger partial charge < -0.3 is 10.2 Å². The Kier molecular flexibility index (Phi) is 6.85. The topological polar surface area (TPSA) is 67.2 Å². The van der Waals surface area contributed by atoms with Crippen LogP contribution < -0.4 is 15.8 Å². The molecule has 2 heterocycles. The largest absolute Gasteiger partial charge is 0.369 e. The molecule has 0 saturated carbocycles. The first-order valence-corrected chi connectivity index (χ1v) is 10.3. The first-order chi connectivity index (χ1) is 13.6. The smallest absolute Gasteiger partial charge is 0.269 e. The van der Waals surface area contributed by atoms with E-state index in [1.54, 1.807) is 12.3 Å². The minimum absolute atomic E-state index is 0.0406. The molecule has 1 atom stereocenters. The molecule has 150 valence electrons. The zero-order valence-electron chi connectivity index (χ0n) is 16.8. The molecule has 1 aliphatic heterocycles. The second-order valence-corrected chi connectivity index (χ2v) is 7.50. The minimum Gasteiger partial charge on any atom is -0.369 e. The SMILES string of the molecule is CCC(CC)NC(=O)C1CCCN(c2cnn(Cc3ccccc3)c(=O)c2)C1. The lowest BCUT2D eigenvalue weighted by atomic mass is 9.96. The summed E-state index contributed by atoms with van der Waals surface area (Å²) in [7, 11) is 0. The highest BCUT2D eigenvalue weighted by Crippen LogP contribution is 2.22. The fourth-order valence-corrected chi connectivity index (χ4v) is 3.71. The van der Waals surface area contributed by atoms with Crippen molar-refractivity contribution in [3.63, 3.8) is 0 Å². The normalized spacial score (nSPS) is 17.0. The lowest BCUT2D eigenvalue weighted by Crippen LogP contribution is -2.46. The quantitative estimate of drug-likeness (QED) is 0.800.